The van der Waals surface area contributed by atoms with Crippen molar-refractivity contribution in [1.29, 1.82) is 0 Å². The Balaban J connectivity index is 2.22. The molecule has 2 aromatic rings. The average Bonchev–Trinajstić information content (AvgIpc) is 2.46. The molecule has 0 aliphatic carbocycles. The van der Waals surface area contributed by atoms with E-state index in [9.17, 15) is 9.59 Å². The molecular weight excluding hydrogens is 274 g/mol. The van der Waals surface area contributed by atoms with Crippen molar-refractivity contribution in [2.45, 2.75) is 20.1 Å². The van der Waals surface area contributed by atoms with Crippen LogP contribution in [0.4, 0.5) is 0 Å². The van der Waals surface area contributed by atoms with Gasteiger partial charge in [-0.1, -0.05) is 29.8 Å². The quantitative estimate of drug-likeness (QED) is 0.718. The van der Waals surface area contributed by atoms with Crippen LogP contribution in [-0.2, 0) is 17.9 Å². The SMILES string of the molecule is Cc1ccc(Cc2nn(COCCO)c(=O)[nH]c2=O)cc1. The molecule has 0 spiro atoms. The summed E-state index contributed by atoms with van der Waals surface area (Å²) in [6.45, 7) is 1.82. The van der Waals surface area contributed by atoms with Crippen molar-refractivity contribution in [2.75, 3.05) is 13.2 Å². The molecule has 21 heavy (non-hydrogen) atoms. The van der Waals surface area contributed by atoms with Crippen molar-refractivity contribution in [1.82, 2.24) is 14.8 Å². The Morgan fingerprint density at radius 2 is 2.00 bits per heavy atom. The van der Waals surface area contributed by atoms with Crippen molar-refractivity contribution >= 4 is 0 Å². The number of nitrogens with zero attached hydrogens (tertiary/aromatic N) is 2. The van der Waals surface area contributed by atoms with Gasteiger partial charge in [0.15, 0.2) is 0 Å². The Labute approximate surface area is 120 Å². The van der Waals surface area contributed by atoms with E-state index >= 15 is 0 Å². The van der Waals surface area contributed by atoms with Crippen LogP contribution < -0.4 is 11.2 Å². The molecule has 112 valence electrons. The monoisotopic (exact) mass is 291 g/mol. The summed E-state index contributed by atoms with van der Waals surface area (Å²) < 4.78 is 6.07. The average molecular weight is 291 g/mol. The number of aliphatic hydroxyl groups is 1. The predicted molar refractivity (Wildman–Crippen MR) is 76.1 cm³/mol. The maximum absolute atomic E-state index is 11.8. The minimum absolute atomic E-state index is 0.0978. The first kappa shape index (κ1) is 15.1. The van der Waals surface area contributed by atoms with Crippen LogP contribution in [0.2, 0.25) is 0 Å². The number of nitrogens with one attached hydrogen (secondary N) is 1. The van der Waals surface area contributed by atoms with E-state index in [1.54, 1.807) is 0 Å². The van der Waals surface area contributed by atoms with Crippen molar-refractivity contribution in [3.8, 4) is 0 Å². The summed E-state index contributed by atoms with van der Waals surface area (Å²) >= 11 is 0. The molecule has 0 unspecified atom stereocenters. The molecule has 2 rings (SSSR count). The summed E-state index contributed by atoms with van der Waals surface area (Å²) in [5.74, 6) is 0. The standard InChI is InChI=1S/C14H17N3O4/c1-10-2-4-11(5-3-10)8-12-13(19)15-14(20)17(16-12)9-21-7-6-18/h2-5,18H,6-9H2,1H3,(H,15,19,20). The largest absolute Gasteiger partial charge is 0.394 e. The number of aromatic amines is 1. The van der Waals surface area contributed by atoms with Crippen LogP contribution in [0.1, 0.15) is 16.8 Å². The fourth-order valence-corrected chi connectivity index (χ4v) is 1.79. The van der Waals surface area contributed by atoms with Crippen molar-refractivity contribution in [3.05, 3.63) is 61.9 Å². The van der Waals surface area contributed by atoms with Gasteiger partial charge < -0.3 is 9.84 Å². The first-order valence-electron chi connectivity index (χ1n) is 6.54. The number of hydrogen-bond acceptors (Lipinski definition) is 5. The molecule has 0 saturated heterocycles. The third kappa shape index (κ3) is 4.11. The van der Waals surface area contributed by atoms with E-state index in [-0.39, 0.29) is 25.6 Å². The molecule has 1 aromatic heterocycles. The number of H-pyrrole nitrogens is 1. The van der Waals surface area contributed by atoms with Gasteiger partial charge in [-0.15, -0.1) is 0 Å². The highest BCUT2D eigenvalue weighted by molar-refractivity contribution is 5.24. The molecule has 0 aliphatic rings. The fourth-order valence-electron chi connectivity index (χ4n) is 1.79. The van der Waals surface area contributed by atoms with Gasteiger partial charge in [0.2, 0.25) is 0 Å². The first-order chi connectivity index (χ1) is 10.1. The third-order valence-corrected chi connectivity index (χ3v) is 2.90. The summed E-state index contributed by atoms with van der Waals surface area (Å²) in [6, 6.07) is 7.72. The van der Waals surface area contributed by atoms with E-state index in [2.05, 4.69) is 10.1 Å². The van der Waals surface area contributed by atoms with E-state index in [1.165, 1.54) is 0 Å². The van der Waals surface area contributed by atoms with Crippen molar-refractivity contribution in [2.24, 2.45) is 0 Å². The maximum Gasteiger partial charge on any atom is 0.346 e. The van der Waals surface area contributed by atoms with Crippen LogP contribution in [0.15, 0.2) is 33.9 Å². The van der Waals surface area contributed by atoms with Gasteiger partial charge in [-0.3, -0.25) is 9.78 Å². The van der Waals surface area contributed by atoms with Crippen LogP contribution in [0.25, 0.3) is 0 Å². The number of benzene rings is 1. The molecule has 0 aliphatic heterocycles. The molecule has 0 saturated carbocycles. The van der Waals surface area contributed by atoms with E-state index in [1.807, 2.05) is 31.2 Å². The van der Waals surface area contributed by atoms with Gasteiger partial charge >= 0.3 is 5.69 Å². The van der Waals surface area contributed by atoms with E-state index < -0.39 is 11.2 Å². The second-order valence-corrected chi connectivity index (χ2v) is 4.63. The maximum atomic E-state index is 11.8. The highest BCUT2D eigenvalue weighted by Gasteiger charge is 2.08. The molecule has 1 heterocycles. The second kappa shape index (κ2) is 6.96. The van der Waals surface area contributed by atoms with Gasteiger partial charge in [0.25, 0.3) is 5.56 Å². The van der Waals surface area contributed by atoms with Gasteiger partial charge in [-0.05, 0) is 12.5 Å². The highest BCUT2D eigenvalue weighted by atomic mass is 16.5. The van der Waals surface area contributed by atoms with Crippen LogP contribution >= 0.6 is 0 Å². The Bertz CT molecular complexity index is 703. The molecule has 0 radical (unpaired) electrons. The first-order valence-corrected chi connectivity index (χ1v) is 6.54. The molecule has 7 nitrogen and oxygen atoms in total. The normalized spacial score (nSPS) is 10.8. The van der Waals surface area contributed by atoms with Crippen LogP contribution in [0, 0.1) is 6.92 Å². The zero-order valence-corrected chi connectivity index (χ0v) is 11.7. The van der Waals surface area contributed by atoms with Crippen LogP contribution in [-0.4, -0.2) is 33.1 Å². The van der Waals surface area contributed by atoms with Crippen LogP contribution in [0.3, 0.4) is 0 Å². The number of hydrogen-bond donors (Lipinski definition) is 2. The van der Waals surface area contributed by atoms with Gasteiger partial charge in [0.1, 0.15) is 12.4 Å². The van der Waals surface area contributed by atoms with Crippen molar-refractivity contribution < 1.29 is 9.84 Å². The minimum Gasteiger partial charge on any atom is -0.394 e. The van der Waals surface area contributed by atoms with Gasteiger partial charge in [0, 0.05) is 6.42 Å². The highest BCUT2D eigenvalue weighted by Crippen LogP contribution is 2.05. The van der Waals surface area contributed by atoms with E-state index in [0.717, 1.165) is 15.8 Å². The second-order valence-electron chi connectivity index (χ2n) is 4.63. The molecule has 0 atom stereocenters. The smallest absolute Gasteiger partial charge is 0.346 e. The molecular formula is C14H17N3O4. The number of ether oxygens (including phenoxy) is 1. The lowest BCUT2D eigenvalue weighted by Crippen LogP contribution is -2.35. The summed E-state index contributed by atoms with van der Waals surface area (Å²) in [5.41, 5.74) is 1.17. The Kier molecular flexibility index (Phi) is 5.02. The van der Waals surface area contributed by atoms with E-state index in [4.69, 9.17) is 9.84 Å². The molecule has 7 heteroatoms. The summed E-state index contributed by atoms with van der Waals surface area (Å²) in [6.07, 6.45) is 0.329. The zero-order valence-electron chi connectivity index (χ0n) is 11.7. The minimum atomic E-state index is -0.634. The van der Waals surface area contributed by atoms with E-state index in [0.29, 0.717) is 6.42 Å². The lowest BCUT2D eigenvalue weighted by molar-refractivity contribution is 0.0379. The Morgan fingerprint density at radius 1 is 1.29 bits per heavy atom. The molecule has 0 bridgehead atoms. The number of rotatable bonds is 6. The van der Waals surface area contributed by atoms with Gasteiger partial charge in [-0.2, -0.15) is 9.78 Å². The summed E-state index contributed by atoms with van der Waals surface area (Å²) in [4.78, 5) is 25.6. The number of aliphatic hydroxyl groups excluding tert-OH is 1. The van der Waals surface area contributed by atoms with Crippen molar-refractivity contribution in [3.63, 3.8) is 0 Å². The molecule has 2 N–H and O–H groups in total. The number of aryl methyl sites for hydroxylation is 1. The molecule has 1 aromatic carbocycles. The third-order valence-electron chi connectivity index (χ3n) is 2.90. The topological polar surface area (TPSA) is 97.2 Å². The van der Waals surface area contributed by atoms with Gasteiger partial charge in [0.05, 0.1) is 13.2 Å². The van der Waals surface area contributed by atoms with Crippen LogP contribution in [0.5, 0.6) is 0 Å². The molecule has 0 amide bonds. The molecule has 0 fully saturated rings. The zero-order chi connectivity index (χ0) is 15.2. The predicted octanol–water partition coefficient (Wildman–Crippen LogP) is -0.203. The lowest BCUT2D eigenvalue weighted by Gasteiger charge is -2.07. The Hall–Kier alpha value is -2.25. The van der Waals surface area contributed by atoms with Gasteiger partial charge in [-0.25, -0.2) is 4.79 Å². The fraction of sp³-hybridized carbons (Fsp3) is 0.357. The summed E-state index contributed by atoms with van der Waals surface area (Å²) in [5, 5.41) is 12.7. The number of aromatic nitrogens is 3. The summed E-state index contributed by atoms with van der Waals surface area (Å²) in [7, 11) is 0. The lowest BCUT2D eigenvalue weighted by atomic mass is 10.1. The Morgan fingerprint density at radius 3 is 2.67 bits per heavy atom.